The van der Waals surface area contributed by atoms with Crippen LogP contribution in [-0.4, -0.2) is 41.8 Å². The second-order valence-electron chi connectivity index (χ2n) is 4.63. The van der Waals surface area contributed by atoms with E-state index in [1.165, 1.54) is 11.5 Å². The molecule has 1 atom stereocenters. The highest BCUT2D eigenvalue weighted by molar-refractivity contribution is 7.99. The van der Waals surface area contributed by atoms with Crippen LogP contribution < -0.4 is 0 Å². The summed E-state index contributed by atoms with van der Waals surface area (Å²) in [5.41, 5.74) is 1.07. The number of carbonyl (C=O) groups is 1. The Bertz CT molecular complexity index is 401. The van der Waals surface area contributed by atoms with E-state index in [9.17, 15) is 4.79 Å². The quantitative estimate of drug-likeness (QED) is 0.847. The maximum atomic E-state index is 11.8. The number of benzene rings is 1. The van der Waals surface area contributed by atoms with Crippen LogP contribution in [0.3, 0.4) is 0 Å². The molecule has 18 heavy (non-hydrogen) atoms. The molecule has 0 saturated carbocycles. The van der Waals surface area contributed by atoms with Gasteiger partial charge in [-0.3, -0.25) is 4.79 Å². The number of carbonyl (C=O) groups excluding carboxylic acids is 1. The SMILES string of the molecule is CC(=O)[C@H](CN1CCSCC1)c1ccc(Cl)cc1. The Morgan fingerprint density at radius 3 is 2.50 bits per heavy atom. The Labute approximate surface area is 118 Å². The van der Waals surface area contributed by atoms with Crippen LogP contribution in [0.5, 0.6) is 0 Å². The molecule has 2 rings (SSSR count). The Morgan fingerprint density at radius 1 is 1.33 bits per heavy atom. The van der Waals surface area contributed by atoms with Crippen molar-refractivity contribution in [2.45, 2.75) is 12.8 Å². The summed E-state index contributed by atoms with van der Waals surface area (Å²) in [4.78, 5) is 14.2. The topological polar surface area (TPSA) is 20.3 Å². The molecular formula is C14H18ClNOS. The maximum Gasteiger partial charge on any atom is 0.138 e. The van der Waals surface area contributed by atoms with E-state index in [0.717, 1.165) is 30.2 Å². The number of ketones is 1. The minimum absolute atomic E-state index is 0.0228. The van der Waals surface area contributed by atoms with Gasteiger partial charge in [0.1, 0.15) is 5.78 Å². The van der Waals surface area contributed by atoms with Gasteiger partial charge in [-0.05, 0) is 24.6 Å². The normalized spacial score (nSPS) is 18.6. The van der Waals surface area contributed by atoms with Gasteiger partial charge in [-0.25, -0.2) is 0 Å². The summed E-state index contributed by atoms with van der Waals surface area (Å²) in [5.74, 6) is 2.55. The molecule has 98 valence electrons. The molecule has 1 fully saturated rings. The monoisotopic (exact) mass is 283 g/mol. The van der Waals surface area contributed by atoms with Gasteiger partial charge in [-0.15, -0.1) is 0 Å². The van der Waals surface area contributed by atoms with Crippen molar-refractivity contribution < 1.29 is 4.79 Å². The zero-order valence-electron chi connectivity index (χ0n) is 10.6. The fourth-order valence-corrected chi connectivity index (χ4v) is 3.31. The first kappa shape index (κ1) is 13.9. The second kappa shape index (κ2) is 6.60. The molecule has 0 amide bonds. The third-order valence-electron chi connectivity index (χ3n) is 3.31. The molecular weight excluding hydrogens is 266 g/mol. The van der Waals surface area contributed by atoms with E-state index in [-0.39, 0.29) is 11.7 Å². The van der Waals surface area contributed by atoms with Gasteiger partial charge < -0.3 is 4.90 Å². The van der Waals surface area contributed by atoms with Crippen LogP contribution in [0.15, 0.2) is 24.3 Å². The molecule has 0 spiro atoms. The number of thioether (sulfide) groups is 1. The summed E-state index contributed by atoms with van der Waals surface area (Å²) in [7, 11) is 0. The third-order valence-corrected chi connectivity index (χ3v) is 4.50. The zero-order chi connectivity index (χ0) is 13.0. The largest absolute Gasteiger partial charge is 0.301 e. The van der Waals surface area contributed by atoms with Gasteiger partial charge in [0.05, 0.1) is 5.92 Å². The van der Waals surface area contributed by atoms with Gasteiger partial charge in [0, 0.05) is 36.2 Å². The minimum atomic E-state index is -0.0228. The van der Waals surface area contributed by atoms with E-state index in [0.29, 0.717) is 0 Å². The highest BCUT2D eigenvalue weighted by Gasteiger charge is 2.21. The Hall–Kier alpha value is -0.510. The third kappa shape index (κ3) is 3.74. The average Bonchev–Trinajstić information content (AvgIpc) is 2.38. The van der Waals surface area contributed by atoms with Gasteiger partial charge in [0.15, 0.2) is 0 Å². The number of halogens is 1. The predicted octanol–water partition coefficient (Wildman–Crippen LogP) is 3.06. The van der Waals surface area contributed by atoms with Crippen molar-refractivity contribution >= 4 is 29.1 Å². The number of rotatable bonds is 4. The molecule has 1 aliphatic heterocycles. The first-order valence-electron chi connectivity index (χ1n) is 6.23. The van der Waals surface area contributed by atoms with Crippen molar-refractivity contribution in [2.75, 3.05) is 31.1 Å². The molecule has 0 aromatic heterocycles. The van der Waals surface area contributed by atoms with Crippen molar-refractivity contribution in [3.63, 3.8) is 0 Å². The molecule has 0 radical (unpaired) electrons. The first-order chi connectivity index (χ1) is 8.66. The molecule has 0 aliphatic carbocycles. The summed E-state index contributed by atoms with van der Waals surface area (Å²) in [6, 6.07) is 7.65. The first-order valence-corrected chi connectivity index (χ1v) is 7.76. The summed E-state index contributed by atoms with van der Waals surface area (Å²) < 4.78 is 0. The van der Waals surface area contributed by atoms with E-state index in [4.69, 9.17) is 11.6 Å². The van der Waals surface area contributed by atoms with E-state index < -0.39 is 0 Å². The van der Waals surface area contributed by atoms with Crippen LogP contribution in [0, 0.1) is 0 Å². The number of hydrogen-bond acceptors (Lipinski definition) is 3. The number of nitrogens with zero attached hydrogens (tertiary/aromatic N) is 1. The van der Waals surface area contributed by atoms with Gasteiger partial charge in [0.25, 0.3) is 0 Å². The average molecular weight is 284 g/mol. The highest BCUT2D eigenvalue weighted by atomic mass is 35.5. The number of Topliss-reactive ketones (excluding diaryl/α,β-unsaturated/α-hetero) is 1. The van der Waals surface area contributed by atoms with E-state index in [1.54, 1.807) is 6.92 Å². The maximum absolute atomic E-state index is 11.8. The van der Waals surface area contributed by atoms with Crippen LogP contribution in [-0.2, 0) is 4.79 Å². The molecule has 1 saturated heterocycles. The van der Waals surface area contributed by atoms with Crippen LogP contribution in [0.2, 0.25) is 5.02 Å². The predicted molar refractivity (Wildman–Crippen MR) is 78.6 cm³/mol. The summed E-state index contributed by atoms with van der Waals surface area (Å²) in [6.07, 6.45) is 0. The van der Waals surface area contributed by atoms with Crippen molar-refractivity contribution in [3.8, 4) is 0 Å². The van der Waals surface area contributed by atoms with E-state index in [2.05, 4.69) is 4.90 Å². The molecule has 0 N–H and O–H groups in total. The lowest BCUT2D eigenvalue weighted by molar-refractivity contribution is -0.118. The van der Waals surface area contributed by atoms with Crippen molar-refractivity contribution in [3.05, 3.63) is 34.9 Å². The Balaban J connectivity index is 2.07. The fraction of sp³-hybridized carbons (Fsp3) is 0.500. The zero-order valence-corrected chi connectivity index (χ0v) is 12.1. The van der Waals surface area contributed by atoms with E-state index >= 15 is 0 Å². The van der Waals surface area contributed by atoms with Crippen LogP contribution >= 0.6 is 23.4 Å². The summed E-state index contributed by atoms with van der Waals surface area (Å²) in [5, 5.41) is 0.718. The Morgan fingerprint density at radius 2 is 1.94 bits per heavy atom. The van der Waals surface area contributed by atoms with Crippen molar-refractivity contribution in [1.29, 1.82) is 0 Å². The molecule has 0 unspecified atom stereocenters. The van der Waals surface area contributed by atoms with Gasteiger partial charge in [0.2, 0.25) is 0 Å². The fourth-order valence-electron chi connectivity index (χ4n) is 2.21. The highest BCUT2D eigenvalue weighted by Crippen LogP contribution is 2.22. The van der Waals surface area contributed by atoms with Crippen molar-refractivity contribution in [2.24, 2.45) is 0 Å². The molecule has 2 nitrogen and oxygen atoms in total. The molecule has 1 aliphatic rings. The smallest absolute Gasteiger partial charge is 0.138 e. The van der Waals surface area contributed by atoms with Crippen molar-refractivity contribution in [1.82, 2.24) is 4.90 Å². The molecule has 1 aromatic rings. The minimum Gasteiger partial charge on any atom is -0.301 e. The molecule has 0 bridgehead atoms. The standard InChI is InChI=1S/C14H18ClNOS/c1-11(17)14(10-16-6-8-18-9-7-16)12-2-4-13(15)5-3-12/h2-5,14H,6-10H2,1H3/t14-/m0/s1. The summed E-state index contributed by atoms with van der Waals surface area (Å²) in [6.45, 7) is 4.68. The second-order valence-corrected chi connectivity index (χ2v) is 6.29. The number of hydrogen-bond donors (Lipinski definition) is 0. The lowest BCUT2D eigenvalue weighted by Gasteiger charge is -2.29. The van der Waals surface area contributed by atoms with Gasteiger partial charge >= 0.3 is 0 Å². The van der Waals surface area contributed by atoms with Crippen LogP contribution in [0.1, 0.15) is 18.4 Å². The lowest BCUT2D eigenvalue weighted by Crippen LogP contribution is -2.37. The van der Waals surface area contributed by atoms with Gasteiger partial charge in [-0.2, -0.15) is 11.8 Å². The summed E-state index contributed by atoms with van der Waals surface area (Å²) >= 11 is 7.88. The molecule has 1 aromatic carbocycles. The molecule has 4 heteroatoms. The van der Waals surface area contributed by atoms with E-state index in [1.807, 2.05) is 36.0 Å². The van der Waals surface area contributed by atoms with Crippen LogP contribution in [0.4, 0.5) is 0 Å². The lowest BCUT2D eigenvalue weighted by atomic mass is 9.95. The van der Waals surface area contributed by atoms with Gasteiger partial charge in [-0.1, -0.05) is 23.7 Å². The van der Waals surface area contributed by atoms with Crippen LogP contribution in [0.25, 0.3) is 0 Å². The Kier molecular flexibility index (Phi) is 5.10. The molecule has 1 heterocycles.